The van der Waals surface area contributed by atoms with Crippen LogP contribution in [0, 0.1) is 5.82 Å². The lowest BCUT2D eigenvalue weighted by Crippen LogP contribution is -2.10. The molecule has 1 aromatic rings. The molecule has 0 radical (unpaired) electrons. The SMILES string of the molecule is CC=O.CN(C)Cc1ccc(F)cc1. The standard InChI is InChI=1S/C9H12FN.C2H4O/c1-11(2)7-8-3-5-9(10)6-4-8;1-2-3/h3-6H,7H2,1-2H3;2H,1H3. The van der Waals surface area contributed by atoms with Crippen LogP contribution in [0.4, 0.5) is 4.39 Å². The zero-order valence-corrected chi connectivity index (χ0v) is 8.83. The Morgan fingerprint density at radius 1 is 1.29 bits per heavy atom. The van der Waals surface area contributed by atoms with Crippen molar-refractivity contribution in [1.82, 2.24) is 4.90 Å². The molecule has 0 saturated carbocycles. The molecule has 3 heteroatoms. The highest BCUT2D eigenvalue weighted by molar-refractivity contribution is 5.44. The second kappa shape index (κ2) is 7.21. The van der Waals surface area contributed by atoms with E-state index in [1.165, 1.54) is 19.1 Å². The Hall–Kier alpha value is -1.22. The van der Waals surface area contributed by atoms with Gasteiger partial charge < -0.3 is 9.69 Å². The second-order valence-corrected chi connectivity index (χ2v) is 3.10. The third-order valence-corrected chi connectivity index (χ3v) is 1.41. The first-order valence-corrected chi connectivity index (χ1v) is 4.39. The van der Waals surface area contributed by atoms with E-state index in [4.69, 9.17) is 4.79 Å². The van der Waals surface area contributed by atoms with E-state index in [1.54, 1.807) is 12.1 Å². The van der Waals surface area contributed by atoms with E-state index in [2.05, 4.69) is 0 Å². The van der Waals surface area contributed by atoms with Crippen LogP contribution in [0.2, 0.25) is 0 Å². The van der Waals surface area contributed by atoms with Crippen molar-refractivity contribution in [2.45, 2.75) is 13.5 Å². The number of carbonyl (C=O) groups excluding carboxylic acids is 1. The van der Waals surface area contributed by atoms with Crippen LogP contribution in [0.15, 0.2) is 24.3 Å². The molecule has 0 spiro atoms. The molecular formula is C11H16FNO. The smallest absolute Gasteiger partial charge is 0.123 e. The van der Waals surface area contributed by atoms with E-state index in [9.17, 15) is 4.39 Å². The summed E-state index contributed by atoms with van der Waals surface area (Å²) in [6, 6.07) is 6.57. The molecule has 2 nitrogen and oxygen atoms in total. The van der Waals surface area contributed by atoms with Gasteiger partial charge in [0.25, 0.3) is 0 Å². The molecule has 1 rings (SSSR count). The summed E-state index contributed by atoms with van der Waals surface area (Å²) in [6.07, 6.45) is 0.750. The number of benzene rings is 1. The number of nitrogens with zero attached hydrogens (tertiary/aromatic N) is 1. The van der Waals surface area contributed by atoms with Crippen molar-refractivity contribution in [3.8, 4) is 0 Å². The highest BCUT2D eigenvalue weighted by Crippen LogP contribution is 2.03. The van der Waals surface area contributed by atoms with Gasteiger partial charge in [-0.1, -0.05) is 12.1 Å². The second-order valence-electron chi connectivity index (χ2n) is 3.10. The van der Waals surface area contributed by atoms with Gasteiger partial charge in [-0.15, -0.1) is 0 Å². The lowest BCUT2D eigenvalue weighted by atomic mass is 10.2. The molecule has 0 fully saturated rings. The van der Waals surface area contributed by atoms with Crippen molar-refractivity contribution in [2.75, 3.05) is 14.1 Å². The van der Waals surface area contributed by atoms with Crippen molar-refractivity contribution >= 4 is 6.29 Å². The predicted molar refractivity (Wildman–Crippen MR) is 55.5 cm³/mol. The molecule has 0 atom stereocenters. The third-order valence-electron chi connectivity index (χ3n) is 1.41. The monoisotopic (exact) mass is 197 g/mol. The molecule has 0 N–H and O–H groups in total. The molecule has 0 aromatic heterocycles. The van der Waals surface area contributed by atoms with Gasteiger partial charge >= 0.3 is 0 Å². The molecule has 1 aromatic carbocycles. The van der Waals surface area contributed by atoms with Gasteiger partial charge in [0.05, 0.1) is 0 Å². The van der Waals surface area contributed by atoms with Crippen LogP contribution in [0.3, 0.4) is 0 Å². The normalized spacial score (nSPS) is 9.21. The Bertz CT molecular complexity index is 256. The molecule has 0 heterocycles. The van der Waals surface area contributed by atoms with Crippen LogP contribution < -0.4 is 0 Å². The van der Waals surface area contributed by atoms with Crippen LogP contribution in [-0.4, -0.2) is 25.3 Å². The molecule has 0 aliphatic rings. The van der Waals surface area contributed by atoms with E-state index < -0.39 is 0 Å². The molecule has 0 aliphatic carbocycles. The summed E-state index contributed by atoms with van der Waals surface area (Å²) in [6.45, 7) is 2.31. The average Bonchev–Trinajstić information content (AvgIpc) is 2.09. The van der Waals surface area contributed by atoms with Gasteiger partial charge in [-0.05, 0) is 38.7 Å². The molecule has 0 bridgehead atoms. The molecule has 0 unspecified atom stereocenters. The van der Waals surface area contributed by atoms with Crippen LogP contribution >= 0.6 is 0 Å². The Balaban J connectivity index is 0.000000500. The van der Waals surface area contributed by atoms with E-state index in [-0.39, 0.29) is 5.82 Å². The van der Waals surface area contributed by atoms with Crippen molar-refractivity contribution in [3.05, 3.63) is 35.6 Å². The molecule has 78 valence electrons. The highest BCUT2D eigenvalue weighted by atomic mass is 19.1. The fourth-order valence-corrected chi connectivity index (χ4v) is 0.955. The van der Waals surface area contributed by atoms with Crippen LogP contribution in [0.1, 0.15) is 12.5 Å². The van der Waals surface area contributed by atoms with E-state index >= 15 is 0 Å². The minimum absolute atomic E-state index is 0.174. The summed E-state index contributed by atoms with van der Waals surface area (Å²) < 4.78 is 12.4. The zero-order valence-electron chi connectivity index (χ0n) is 8.83. The van der Waals surface area contributed by atoms with Crippen LogP contribution in [0.5, 0.6) is 0 Å². The Kier molecular flexibility index (Phi) is 6.58. The molecule has 0 amide bonds. The van der Waals surface area contributed by atoms with Gasteiger partial charge in [0.15, 0.2) is 0 Å². The summed E-state index contributed by atoms with van der Waals surface area (Å²) in [7, 11) is 3.98. The summed E-state index contributed by atoms with van der Waals surface area (Å²) in [5.41, 5.74) is 1.14. The number of rotatable bonds is 2. The summed E-state index contributed by atoms with van der Waals surface area (Å²) in [4.78, 5) is 10.9. The first-order chi connectivity index (χ1) is 6.60. The van der Waals surface area contributed by atoms with Crippen molar-refractivity contribution in [2.24, 2.45) is 0 Å². The van der Waals surface area contributed by atoms with Gasteiger partial charge in [0.2, 0.25) is 0 Å². The van der Waals surface area contributed by atoms with Gasteiger partial charge in [-0.3, -0.25) is 0 Å². The number of aldehydes is 1. The first-order valence-electron chi connectivity index (χ1n) is 4.39. The van der Waals surface area contributed by atoms with Crippen molar-refractivity contribution < 1.29 is 9.18 Å². The molecule has 0 saturated heterocycles. The van der Waals surface area contributed by atoms with Crippen molar-refractivity contribution in [1.29, 1.82) is 0 Å². The average molecular weight is 197 g/mol. The molecule has 0 aliphatic heterocycles. The first kappa shape index (κ1) is 12.8. The van der Waals surface area contributed by atoms with E-state index in [1.807, 2.05) is 19.0 Å². The lowest BCUT2D eigenvalue weighted by molar-refractivity contribution is -0.106. The van der Waals surface area contributed by atoms with Gasteiger partial charge in [-0.2, -0.15) is 0 Å². The minimum Gasteiger partial charge on any atom is -0.305 e. The maximum atomic E-state index is 12.4. The topological polar surface area (TPSA) is 20.3 Å². The Morgan fingerprint density at radius 3 is 2.07 bits per heavy atom. The van der Waals surface area contributed by atoms with E-state index in [0.717, 1.165) is 18.4 Å². The molecular weight excluding hydrogens is 181 g/mol. The van der Waals surface area contributed by atoms with Gasteiger partial charge in [0, 0.05) is 6.54 Å². The van der Waals surface area contributed by atoms with Crippen LogP contribution in [0.25, 0.3) is 0 Å². The van der Waals surface area contributed by atoms with Crippen molar-refractivity contribution in [3.63, 3.8) is 0 Å². The number of hydrogen-bond acceptors (Lipinski definition) is 2. The largest absolute Gasteiger partial charge is 0.305 e. The van der Waals surface area contributed by atoms with Gasteiger partial charge in [0.1, 0.15) is 12.1 Å². The van der Waals surface area contributed by atoms with Gasteiger partial charge in [-0.25, -0.2) is 4.39 Å². The zero-order chi connectivity index (χ0) is 11.0. The number of carbonyl (C=O) groups is 1. The quantitative estimate of drug-likeness (QED) is 0.677. The fourth-order valence-electron chi connectivity index (χ4n) is 0.955. The summed E-state index contributed by atoms with van der Waals surface area (Å²) in [5.74, 6) is -0.174. The number of hydrogen-bond donors (Lipinski definition) is 0. The third kappa shape index (κ3) is 6.31. The maximum absolute atomic E-state index is 12.4. The fraction of sp³-hybridized carbons (Fsp3) is 0.364. The Labute approximate surface area is 84.3 Å². The summed E-state index contributed by atoms with van der Waals surface area (Å²) in [5, 5.41) is 0. The predicted octanol–water partition coefficient (Wildman–Crippen LogP) is 2.09. The van der Waals surface area contributed by atoms with Crippen LogP contribution in [-0.2, 0) is 11.3 Å². The lowest BCUT2D eigenvalue weighted by Gasteiger charge is -2.08. The highest BCUT2D eigenvalue weighted by Gasteiger charge is 1.94. The molecule has 14 heavy (non-hydrogen) atoms. The van der Waals surface area contributed by atoms with E-state index in [0.29, 0.717) is 0 Å². The maximum Gasteiger partial charge on any atom is 0.123 e. The number of halogens is 1. The Morgan fingerprint density at radius 2 is 1.71 bits per heavy atom. The minimum atomic E-state index is -0.174. The summed E-state index contributed by atoms with van der Waals surface area (Å²) >= 11 is 0.